The minimum atomic E-state index is -0.463. The van der Waals surface area contributed by atoms with Gasteiger partial charge in [-0.05, 0) is 24.7 Å². The van der Waals surface area contributed by atoms with E-state index in [9.17, 15) is 4.79 Å². The van der Waals surface area contributed by atoms with Gasteiger partial charge in [-0.2, -0.15) is 0 Å². The number of amides is 1. The van der Waals surface area contributed by atoms with Crippen LogP contribution in [0.15, 0.2) is 4.99 Å². The van der Waals surface area contributed by atoms with Gasteiger partial charge in [0.2, 0.25) is 0 Å². The number of carbonyl (C=O) groups excluding carboxylic acids is 1. The summed E-state index contributed by atoms with van der Waals surface area (Å²) in [6, 6.07) is 0. The first kappa shape index (κ1) is 16.9. The standard InChI is InChI=1S/C18H31N3O2/c1-5-16-19-18(17(22)21(16)8-9-23-4)7-6-14-11-20(10-13(2)3)12-15(14)18/h13-15H,5-12H2,1-4H3/t14-,15+,18-/m1/s1. The summed E-state index contributed by atoms with van der Waals surface area (Å²) in [5.74, 6) is 2.93. The molecule has 1 spiro atoms. The lowest BCUT2D eigenvalue weighted by atomic mass is 9.85. The van der Waals surface area contributed by atoms with Crippen molar-refractivity contribution in [3.63, 3.8) is 0 Å². The second kappa shape index (κ2) is 6.52. The summed E-state index contributed by atoms with van der Waals surface area (Å²) in [6.45, 7) is 11.2. The van der Waals surface area contributed by atoms with E-state index in [2.05, 4.69) is 25.7 Å². The van der Waals surface area contributed by atoms with Crippen molar-refractivity contribution in [2.75, 3.05) is 39.9 Å². The van der Waals surface area contributed by atoms with E-state index in [1.54, 1.807) is 7.11 Å². The Hall–Kier alpha value is -0.940. The molecule has 0 aromatic carbocycles. The number of methoxy groups -OCH3 is 1. The van der Waals surface area contributed by atoms with Gasteiger partial charge in [0.1, 0.15) is 11.4 Å². The first-order valence-electron chi connectivity index (χ1n) is 9.13. The molecular formula is C18H31N3O2. The molecule has 0 aromatic heterocycles. The fourth-order valence-electron chi connectivity index (χ4n) is 4.83. The van der Waals surface area contributed by atoms with Crippen molar-refractivity contribution in [2.24, 2.45) is 22.7 Å². The first-order chi connectivity index (χ1) is 11.0. The lowest BCUT2D eigenvalue weighted by molar-refractivity contribution is -0.132. The van der Waals surface area contributed by atoms with Crippen LogP contribution < -0.4 is 0 Å². The molecule has 23 heavy (non-hydrogen) atoms. The van der Waals surface area contributed by atoms with Crippen molar-refractivity contribution >= 4 is 11.7 Å². The summed E-state index contributed by atoms with van der Waals surface area (Å²) in [4.78, 5) is 22.7. The highest BCUT2D eigenvalue weighted by Gasteiger charge is 2.60. The Labute approximate surface area is 140 Å². The van der Waals surface area contributed by atoms with Gasteiger partial charge in [-0.3, -0.25) is 14.7 Å². The SMILES string of the molecule is CCC1=N[C@@]2(CC[C@@H]3CN(CC(C)C)C[C@@H]32)C(=O)N1CCOC. The molecule has 0 radical (unpaired) electrons. The summed E-state index contributed by atoms with van der Waals surface area (Å²) in [5, 5.41) is 0. The van der Waals surface area contributed by atoms with E-state index in [1.165, 1.54) is 0 Å². The number of ether oxygens (including phenoxy) is 1. The van der Waals surface area contributed by atoms with Crippen LogP contribution in [0.4, 0.5) is 0 Å². The lowest BCUT2D eigenvalue weighted by Gasteiger charge is -2.28. The molecule has 2 fully saturated rings. The molecule has 5 heteroatoms. The predicted octanol–water partition coefficient (Wildman–Crippen LogP) is 2.02. The second-order valence-electron chi connectivity index (χ2n) is 7.77. The van der Waals surface area contributed by atoms with Gasteiger partial charge in [0.05, 0.1) is 13.2 Å². The minimum Gasteiger partial charge on any atom is -0.383 e. The lowest BCUT2D eigenvalue weighted by Crippen LogP contribution is -2.47. The zero-order chi connectivity index (χ0) is 16.6. The Morgan fingerprint density at radius 1 is 1.39 bits per heavy atom. The zero-order valence-electron chi connectivity index (χ0n) is 15.0. The van der Waals surface area contributed by atoms with E-state index >= 15 is 0 Å². The maximum atomic E-state index is 13.2. The highest BCUT2D eigenvalue weighted by atomic mass is 16.5. The van der Waals surface area contributed by atoms with Crippen LogP contribution in [0.2, 0.25) is 0 Å². The largest absolute Gasteiger partial charge is 0.383 e. The number of amidine groups is 1. The van der Waals surface area contributed by atoms with Crippen molar-refractivity contribution in [3.05, 3.63) is 0 Å². The summed E-state index contributed by atoms with van der Waals surface area (Å²) in [6.07, 6.45) is 2.90. The molecular weight excluding hydrogens is 290 g/mol. The summed E-state index contributed by atoms with van der Waals surface area (Å²) in [5.41, 5.74) is -0.463. The molecule has 0 aromatic rings. The number of rotatable bonds is 6. The summed E-state index contributed by atoms with van der Waals surface area (Å²) < 4.78 is 5.19. The quantitative estimate of drug-likeness (QED) is 0.752. The van der Waals surface area contributed by atoms with E-state index in [0.717, 1.165) is 44.7 Å². The maximum Gasteiger partial charge on any atom is 0.256 e. The van der Waals surface area contributed by atoms with Crippen LogP contribution in [-0.2, 0) is 9.53 Å². The third-order valence-electron chi connectivity index (χ3n) is 5.74. The van der Waals surface area contributed by atoms with Gasteiger partial charge in [0.15, 0.2) is 0 Å². The molecule has 1 saturated carbocycles. The molecule has 1 amide bonds. The third-order valence-corrected chi connectivity index (χ3v) is 5.74. The van der Waals surface area contributed by atoms with Crippen LogP contribution in [0.5, 0.6) is 0 Å². The Morgan fingerprint density at radius 2 is 2.17 bits per heavy atom. The van der Waals surface area contributed by atoms with Crippen molar-refractivity contribution in [3.8, 4) is 0 Å². The van der Waals surface area contributed by atoms with Gasteiger partial charge in [-0.25, -0.2) is 0 Å². The highest BCUT2D eigenvalue weighted by Crippen LogP contribution is 2.50. The Kier molecular flexibility index (Phi) is 4.79. The normalized spacial score (nSPS) is 34.0. The van der Waals surface area contributed by atoms with Gasteiger partial charge in [0, 0.05) is 39.1 Å². The second-order valence-corrected chi connectivity index (χ2v) is 7.77. The fraction of sp³-hybridized carbons (Fsp3) is 0.889. The zero-order valence-corrected chi connectivity index (χ0v) is 15.0. The van der Waals surface area contributed by atoms with E-state index in [4.69, 9.17) is 9.73 Å². The molecule has 0 N–H and O–H groups in total. The van der Waals surface area contributed by atoms with E-state index in [-0.39, 0.29) is 5.91 Å². The van der Waals surface area contributed by atoms with Gasteiger partial charge in [0.25, 0.3) is 5.91 Å². The van der Waals surface area contributed by atoms with E-state index in [0.29, 0.717) is 30.9 Å². The molecule has 2 heterocycles. The molecule has 1 saturated heterocycles. The Bertz CT molecular complexity index is 491. The minimum absolute atomic E-state index is 0.241. The average molecular weight is 321 g/mol. The van der Waals surface area contributed by atoms with Gasteiger partial charge >= 0.3 is 0 Å². The van der Waals surface area contributed by atoms with Gasteiger partial charge in [-0.1, -0.05) is 20.8 Å². The monoisotopic (exact) mass is 321 g/mol. The number of fused-ring (bicyclic) bond motifs is 2. The van der Waals surface area contributed by atoms with Crippen molar-refractivity contribution in [1.29, 1.82) is 0 Å². The smallest absolute Gasteiger partial charge is 0.256 e. The maximum absolute atomic E-state index is 13.2. The molecule has 5 nitrogen and oxygen atoms in total. The molecule has 0 bridgehead atoms. The summed E-state index contributed by atoms with van der Waals surface area (Å²) in [7, 11) is 1.69. The number of aliphatic imine (C=N–C) groups is 1. The Morgan fingerprint density at radius 3 is 2.83 bits per heavy atom. The first-order valence-corrected chi connectivity index (χ1v) is 9.13. The summed E-state index contributed by atoms with van der Waals surface area (Å²) >= 11 is 0. The van der Waals surface area contributed by atoms with Gasteiger partial charge < -0.3 is 9.64 Å². The average Bonchev–Trinajstić information content (AvgIpc) is 3.12. The number of nitrogens with zero attached hydrogens (tertiary/aromatic N) is 3. The fourth-order valence-corrected chi connectivity index (χ4v) is 4.83. The van der Waals surface area contributed by atoms with Crippen LogP contribution >= 0.6 is 0 Å². The van der Waals surface area contributed by atoms with Crippen LogP contribution in [0, 0.1) is 17.8 Å². The number of hydrogen-bond donors (Lipinski definition) is 0. The molecule has 130 valence electrons. The van der Waals surface area contributed by atoms with Crippen molar-refractivity contribution < 1.29 is 9.53 Å². The van der Waals surface area contributed by atoms with Gasteiger partial charge in [-0.15, -0.1) is 0 Å². The highest BCUT2D eigenvalue weighted by molar-refractivity contribution is 6.08. The molecule has 0 unspecified atom stereocenters. The molecule has 3 rings (SSSR count). The third kappa shape index (κ3) is 2.82. The number of hydrogen-bond acceptors (Lipinski definition) is 4. The number of carbonyl (C=O) groups is 1. The predicted molar refractivity (Wildman–Crippen MR) is 91.5 cm³/mol. The topological polar surface area (TPSA) is 45.1 Å². The molecule has 2 aliphatic heterocycles. The van der Waals surface area contributed by atoms with Crippen LogP contribution in [0.3, 0.4) is 0 Å². The number of likely N-dealkylation sites (tertiary alicyclic amines) is 1. The molecule has 3 atom stereocenters. The van der Waals surface area contributed by atoms with Crippen molar-refractivity contribution in [2.45, 2.75) is 45.6 Å². The van der Waals surface area contributed by atoms with E-state index in [1.807, 2.05) is 4.90 Å². The van der Waals surface area contributed by atoms with Crippen molar-refractivity contribution in [1.82, 2.24) is 9.80 Å². The van der Waals surface area contributed by atoms with Crippen LogP contribution in [-0.4, -0.2) is 67.0 Å². The van der Waals surface area contributed by atoms with Crippen LogP contribution in [0.1, 0.15) is 40.0 Å². The Balaban J connectivity index is 1.79. The molecule has 3 aliphatic rings. The molecule has 1 aliphatic carbocycles. The van der Waals surface area contributed by atoms with Crippen LogP contribution in [0.25, 0.3) is 0 Å². The van der Waals surface area contributed by atoms with E-state index < -0.39 is 5.54 Å².